The van der Waals surface area contributed by atoms with Crippen molar-refractivity contribution in [2.75, 3.05) is 13.1 Å². The van der Waals surface area contributed by atoms with Gasteiger partial charge in [0, 0.05) is 19.2 Å². The van der Waals surface area contributed by atoms with Gasteiger partial charge in [0.05, 0.1) is 6.20 Å². The third-order valence-corrected chi connectivity index (χ3v) is 2.29. The van der Waals surface area contributed by atoms with E-state index in [0.29, 0.717) is 5.76 Å². The largest absolute Gasteiger partial charge is 0.351 e. The third-order valence-electron chi connectivity index (χ3n) is 2.29. The zero-order valence-corrected chi connectivity index (χ0v) is 10.1. The first kappa shape index (κ1) is 12.7. The molecule has 4 nitrogen and oxygen atoms in total. The molecular formula is C12H20N2O2. The van der Waals surface area contributed by atoms with E-state index in [0.717, 1.165) is 25.9 Å². The van der Waals surface area contributed by atoms with Crippen LogP contribution in [0.15, 0.2) is 16.8 Å². The van der Waals surface area contributed by atoms with E-state index in [1.165, 1.54) is 19.0 Å². The molecule has 90 valence electrons. The van der Waals surface area contributed by atoms with Gasteiger partial charge in [-0.1, -0.05) is 25.4 Å². The van der Waals surface area contributed by atoms with E-state index in [1.54, 1.807) is 6.07 Å². The molecular weight excluding hydrogens is 204 g/mol. The number of piperidine rings is 1. The van der Waals surface area contributed by atoms with Crippen molar-refractivity contribution in [2.45, 2.75) is 39.5 Å². The van der Waals surface area contributed by atoms with Gasteiger partial charge in [0.15, 0.2) is 0 Å². The van der Waals surface area contributed by atoms with E-state index in [1.807, 2.05) is 4.90 Å². The van der Waals surface area contributed by atoms with Crippen LogP contribution < -0.4 is 0 Å². The molecule has 0 spiro atoms. The Morgan fingerprint density at radius 2 is 2.00 bits per heavy atom. The van der Waals surface area contributed by atoms with E-state index in [9.17, 15) is 4.79 Å². The number of amides is 1. The molecule has 0 aromatic carbocycles. The van der Waals surface area contributed by atoms with Gasteiger partial charge < -0.3 is 9.42 Å². The summed E-state index contributed by atoms with van der Waals surface area (Å²) in [6, 6.07) is 1.61. The van der Waals surface area contributed by atoms with Gasteiger partial charge in [-0.25, -0.2) is 0 Å². The third kappa shape index (κ3) is 3.68. The van der Waals surface area contributed by atoms with Gasteiger partial charge >= 0.3 is 0 Å². The van der Waals surface area contributed by atoms with Crippen molar-refractivity contribution < 1.29 is 9.32 Å². The second kappa shape index (κ2) is 7.04. The molecule has 0 N–H and O–H groups in total. The zero-order valence-electron chi connectivity index (χ0n) is 10.1. The lowest BCUT2D eigenvalue weighted by atomic mass is 10.1. The average molecular weight is 224 g/mol. The predicted molar refractivity (Wildman–Crippen MR) is 62.2 cm³/mol. The zero-order chi connectivity index (χ0) is 11.8. The first-order valence-corrected chi connectivity index (χ1v) is 5.99. The number of hydrogen-bond acceptors (Lipinski definition) is 3. The quantitative estimate of drug-likeness (QED) is 0.736. The molecule has 1 aliphatic heterocycles. The summed E-state index contributed by atoms with van der Waals surface area (Å²) in [7, 11) is 0. The van der Waals surface area contributed by atoms with Crippen molar-refractivity contribution in [3.05, 3.63) is 18.0 Å². The highest BCUT2D eigenvalue weighted by Gasteiger charge is 2.20. The normalized spacial score (nSPS) is 15.2. The molecule has 0 radical (unpaired) electrons. The topological polar surface area (TPSA) is 46.3 Å². The monoisotopic (exact) mass is 224 g/mol. The van der Waals surface area contributed by atoms with Crippen LogP contribution in [-0.4, -0.2) is 29.1 Å². The van der Waals surface area contributed by atoms with Gasteiger partial charge in [-0.3, -0.25) is 4.79 Å². The number of likely N-dealkylation sites (tertiary alicyclic amines) is 1. The number of carbonyl (C=O) groups excluding carboxylic acids is 1. The summed E-state index contributed by atoms with van der Waals surface area (Å²) < 4.78 is 4.81. The maximum absolute atomic E-state index is 11.7. The number of carbonyl (C=O) groups is 1. The Morgan fingerprint density at radius 3 is 2.50 bits per heavy atom. The van der Waals surface area contributed by atoms with Crippen LogP contribution in [0.3, 0.4) is 0 Å². The molecule has 0 atom stereocenters. The number of aromatic nitrogens is 1. The first-order valence-electron chi connectivity index (χ1n) is 5.99. The van der Waals surface area contributed by atoms with Crippen LogP contribution in [0.4, 0.5) is 0 Å². The molecule has 1 aromatic heterocycles. The van der Waals surface area contributed by atoms with Gasteiger partial charge in [0.2, 0.25) is 5.76 Å². The Kier molecular flexibility index (Phi) is 5.61. The highest BCUT2D eigenvalue weighted by Crippen LogP contribution is 2.12. The lowest BCUT2D eigenvalue weighted by Crippen LogP contribution is -2.35. The van der Waals surface area contributed by atoms with Crippen LogP contribution in [-0.2, 0) is 0 Å². The van der Waals surface area contributed by atoms with E-state index in [4.69, 9.17) is 4.52 Å². The fourth-order valence-corrected chi connectivity index (χ4v) is 1.58. The molecule has 1 saturated heterocycles. The summed E-state index contributed by atoms with van der Waals surface area (Å²) >= 11 is 0. The number of nitrogens with zero attached hydrogens (tertiary/aromatic N) is 2. The fourth-order valence-electron chi connectivity index (χ4n) is 1.58. The highest BCUT2D eigenvalue weighted by molar-refractivity contribution is 5.91. The molecule has 0 bridgehead atoms. The lowest BCUT2D eigenvalue weighted by molar-refractivity contribution is 0.0682. The summed E-state index contributed by atoms with van der Waals surface area (Å²) in [6.45, 7) is 5.94. The van der Waals surface area contributed by atoms with Crippen LogP contribution in [0.25, 0.3) is 0 Å². The minimum absolute atomic E-state index is 0.0304. The van der Waals surface area contributed by atoms with Gasteiger partial charge in [0.1, 0.15) is 0 Å². The van der Waals surface area contributed by atoms with Crippen molar-refractivity contribution in [1.82, 2.24) is 10.1 Å². The molecule has 4 heteroatoms. The second-order valence-electron chi connectivity index (χ2n) is 3.94. The van der Waals surface area contributed by atoms with Crippen LogP contribution in [0.5, 0.6) is 0 Å². The molecule has 1 aromatic rings. The predicted octanol–water partition coefficient (Wildman–Crippen LogP) is 2.72. The maximum Gasteiger partial charge on any atom is 0.292 e. The summed E-state index contributed by atoms with van der Waals surface area (Å²) in [5.74, 6) is 0.319. The van der Waals surface area contributed by atoms with E-state index < -0.39 is 0 Å². The van der Waals surface area contributed by atoms with Gasteiger partial charge in [0.25, 0.3) is 5.91 Å². The van der Waals surface area contributed by atoms with Crippen LogP contribution in [0.2, 0.25) is 0 Å². The van der Waals surface area contributed by atoms with Crippen molar-refractivity contribution in [3.63, 3.8) is 0 Å². The van der Waals surface area contributed by atoms with Crippen molar-refractivity contribution in [1.29, 1.82) is 0 Å². The van der Waals surface area contributed by atoms with Crippen LogP contribution >= 0.6 is 0 Å². The van der Waals surface area contributed by atoms with Crippen molar-refractivity contribution >= 4 is 5.91 Å². The fraction of sp³-hybridized carbons (Fsp3) is 0.667. The first-order chi connectivity index (χ1) is 7.79. The minimum atomic E-state index is -0.0304. The molecule has 1 aliphatic rings. The molecule has 0 unspecified atom stereocenters. The SMILES string of the molecule is CCC.O=C(c1ccno1)N1CCCCC1. The molecule has 0 aliphatic carbocycles. The minimum Gasteiger partial charge on any atom is -0.351 e. The Morgan fingerprint density at radius 1 is 1.38 bits per heavy atom. The molecule has 2 heterocycles. The standard InChI is InChI=1S/C9H12N2O2.C3H8/c12-9(8-4-5-10-13-8)11-6-2-1-3-7-11;1-3-2/h4-5H,1-3,6-7H2;3H2,1-2H3. The maximum atomic E-state index is 11.7. The molecule has 1 fully saturated rings. The Balaban J connectivity index is 0.000000386. The van der Waals surface area contributed by atoms with Crippen LogP contribution in [0, 0.1) is 0 Å². The van der Waals surface area contributed by atoms with Crippen molar-refractivity contribution in [2.24, 2.45) is 0 Å². The van der Waals surface area contributed by atoms with E-state index in [-0.39, 0.29) is 5.91 Å². The second-order valence-corrected chi connectivity index (χ2v) is 3.94. The molecule has 2 rings (SSSR count). The molecule has 0 saturated carbocycles. The highest BCUT2D eigenvalue weighted by atomic mass is 16.5. The Bertz CT molecular complexity index is 290. The van der Waals surface area contributed by atoms with Crippen molar-refractivity contribution in [3.8, 4) is 0 Å². The summed E-state index contributed by atoms with van der Waals surface area (Å²) in [4.78, 5) is 13.5. The summed E-state index contributed by atoms with van der Waals surface area (Å²) in [5.41, 5.74) is 0. The lowest BCUT2D eigenvalue weighted by Gasteiger charge is -2.25. The molecule has 16 heavy (non-hydrogen) atoms. The number of hydrogen-bond donors (Lipinski definition) is 0. The van der Waals surface area contributed by atoms with E-state index in [2.05, 4.69) is 19.0 Å². The smallest absolute Gasteiger partial charge is 0.292 e. The number of rotatable bonds is 1. The van der Waals surface area contributed by atoms with E-state index >= 15 is 0 Å². The van der Waals surface area contributed by atoms with Gasteiger partial charge in [-0.2, -0.15) is 0 Å². The summed E-state index contributed by atoms with van der Waals surface area (Å²) in [5, 5.41) is 3.52. The van der Waals surface area contributed by atoms with Crippen LogP contribution in [0.1, 0.15) is 50.1 Å². The molecule has 1 amide bonds. The van der Waals surface area contributed by atoms with Gasteiger partial charge in [-0.15, -0.1) is 0 Å². The Hall–Kier alpha value is -1.32. The Labute approximate surface area is 96.6 Å². The average Bonchev–Trinajstić information content (AvgIpc) is 2.84. The van der Waals surface area contributed by atoms with Gasteiger partial charge in [-0.05, 0) is 19.3 Å². The summed E-state index contributed by atoms with van der Waals surface area (Å²) in [6.07, 6.45) is 6.16.